The molecule has 1 aliphatic heterocycles. The Hall–Kier alpha value is -1.60. The van der Waals surface area contributed by atoms with Crippen molar-refractivity contribution in [3.63, 3.8) is 0 Å². The average Bonchev–Trinajstić information content (AvgIpc) is 3.19. The number of benzene rings is 1. The Labute approximate surface area is 156 Å². The summed E-state index contributed by atoms with van der Waals surface area (Å²) in [6.45, 7) is 1.34. The number of nitrogens with zero attached hydrogens (tertiary/aromatic N) is 1. The number of hydrogen-bond donors (Lipinski definition) is 1. The number of ether oxygens (including phenoxy) is 1. The summed E-state index contributed by atoms with van der Waals surface area (Å²) < 4.78 is 32.0. The van der Waals surface area contributed by atoms with E-state index in [9.17, 15) is 13.2 Å². The summed E-state index contributed by atoms with van der Waals surface area (Å²) >= 11 is 0. The minimum absolute atomic E-state index is 0.0729. The predicted molar refractivity (Wildman–Crippen MR) is 100 cm³/mol. The van der Waals surface area contributed by atoms with E-state index in [0.717, 1.165) is 42.6 Å². The van der Waals surface area contributed by atoms with Gasteiger partial charge in [-0.25, -0.2) is 8.42 Å². The summed E-state index contributed by atoms with van der Waals surface area (Å²) in [6.07, 6.45) is 5.31. The van der Waals surface area contributed by atoms with Gasteiger partial charge in [0.05, 0.1) is 12.9 Å². The van der Waals surface area contributed by atoms with Gasteiger partial charge in [0.2, 0.25) is 15.9 Å². The summed E-state index contributed by atoms with van der Waals surface area (Å²) in [4.78, 5) is 12.0. The first kappa shape index (κ1) is 19.2. The van der Waals surface area contributed by atoms with E-state index in [-0.39, 0.29) is 17.6 Å². The minimum atomic E-state index is -3.31. The largest absolute Gasteiger partial charge is 0.497 e. The van der Waals surface area contributed by atoms with Gasteiger partial charge in [-0.1, -0.05) is 18.9 Å². The lowest BCUT2D eigenvalue weighted by Crippen LogP contribution is -2.38. The topological polar surface area (TPSA) is 75.7 Å². The molecule has 0 aromatic heterocycles. The predicted octanol–water partition coefficient (Wildman–Crippen LogP) is 2.08. The summed E-state index contributed by atoms with van der Waals surface area (Å²) in [6, 6.07) is 5.79. The molecule has 0 saturated heterocycles. The molecule has 0 unspecified atom stereocenters. The second-order valence-corrected chi connectivity index (χ2v) is 9.25. The van der Waals surface area contributed by atoms with E-state index in [2.05, 4.69) is 5.32 Å². The molecule has 1 fully saturated rings. The SMILES string of the molecule is COc1ccc2c(c1)CCN(S(=O)(=O)CCCNC(=O)C1CCCC1)C2. The van der Waals surface area contributed by atoms with E-state index in [1.165, 1.54) is 0 Å². The number of sulfonamides is 1. The van der Waals surface area contributed by atoms with Crippen LogP contribution < -0.4 is 10.1 Å². The van der Waals surface area contributed by atoms with E-state index in [0.29, 0.717) is 32.5 Å². The van der Waals surface area contributed by atoms with Gasteiger partial charge in [-0.05, 0) is 48.9 Å². The molecule has 1 N–H and O–H groups in total. The van der Waals surface area contributed by atoms with Crippen LogP contribution in [-0.4, -0.2) is 44.6 Å². The van der Waals surface area contributed by atoms with Crippen LogP contribution in [0.15, 0.2) is 18.2 Å². The van der Waals surface area contributed by atoms with Gasteiger partial charge in [0.1, 0.15) is 5.75 Å². The molecular weight excluding hydrogens is 352 g/mol. The minimum Gasteiger partial charge on any atom is -0.497 e. The number of amides is 1. The van der Waals surface area contributed by atoms with Crippen molar-refractivity contribution in [3.05, 3.63) is 29.3 Å². The summed E-state index contributed by atoms with van der Waals surface area (Å²) in [7, 11) is -1.68. The van der Waals surface area contributed by atoms with Gasteiger partial charge in [0.25, 0.3) is 0 Å². The third-order valence-corrected chi connectivity index (χ3v) is 7.29. The lowest BCUT2D eigenvalue weighted by atomic mass is 10.0. The van der Waals surface area contributed by atoms with E-state index in [1.807, 2.05) is 18.2 Å². The summed E-state index contributed by atoms with van der Waals surface area (Å²) in [5, 5.41) is 2.89. The fourth-order valence-electron chi connectivity index (χ4n) is 3.80. The Morgan fingerprint density at radius 3 is 2.77 bits per heavy atom. The van der Waals surface area contributed by atoms with Crippen molar-refractivity contribution in [1.82, 2.24) is 9.62 Å². The van der Waals surface area contributed by atoms with Crippen LogP contribution in [0.25, 0.3) is 0 Å². The molecule has 1 saturated carbocycles. The maximum Gasteiger partial charge on any atom is 0.223 e. The molecule has 0 spiro atoms. The van der Waals surface area contributed by atoms with Crippen LogP contribution in [0.3, 0.4) is 0 Å². The highest BCUT2D eigenvalue weighted by atomic mass is 32.2. The van der Waals surface area contributed by atoms with Gasteiger partial charge in [0.15, 0.2) is 0 Å². The third kappa shape index (κ3) is 4.57. The van der Waals surface area contributed by atoms with Crippen molar-refractivity contribution in [2.24, 2.45) is 5.92 Å². The fraction of sp³-hybridized carbons (Fsp3) is 0.632. The van der Waals surface area contributed by atoms with Crippen LogP contribution in [0, 0.1) is 5.92 Å². The van der Waals surface area contributed by atoms with Gasteiger partial charge in [0, 0.05) is 25.6 Å². The molecule has 1 amide bonds. The molecular formula is C19H28N2O4S. The van der Waals surface area contributed by atoms with Crippen LogP contribution in [0.2, 0.25) is 0 Å². The zero-order chi connectivity index (χ0) is 18.6. The van der Waals surface area contributed by atoms with Crippen molar-refractivity contribution < 1.29 is 17.9 Å². The van der Waals surface area contributed by atoms with Crippen LogP contribution in [0.5, 0.6) is 5.75 Å². The highest BCUT2D eigenvalue weighted by molar-refractivity contribution is 7.89. The van der Waals surface area contributed by atoms with Crippen LogP contribution in [0.1, 0.15) is 43.2 Å². The first-order valence-corrected chi connectivity index (χ1v) is 11.0. The number of rotatable bonds is 7. The Morgan fingerprint density at radius 2 is 2.04 bits per heavy atom. The molecule has 1 aromatic carbocycles. The summed E-state index contributed by atoms with van der Waals surface area (Å²) in [5.74, 6) is 1.09. The van der Waals surface area contributed by atoms with Crippen molar-refractivity contribution in [3.8, 4) is 5.75 Å². The molecule has 1 heterocycles. The Balaban J connectivity index is 1.48. The molecule has 7 heteroatoms. The van der Waals surface area contributed by atoms with E-state index in [1.54, 1.807) is 11.4 Å². The second-order valence-electron chi connectivity index (χ2n) is 7.16. The van der Waals surface area contributed by atoms with Crippen LogP contribution in [0.4, 0.5) is 0 Å². The molecule has 3 rings (SSSR count). The average molecular weight is 381 g/mol. The number of methoxy groups -OCH3 is 1. The first-order chi connectivity index (χ1) is 12.5. The zero-order valence-corrected chi connectivity index (χ0v) is 16.2. The molecule has 6 nitrogen and oxygen atoms in total. The highest BCUT2D eigenvalue weighted by Crippen LogP contribution is 2.26. The Bertz CT molecular complexity index is 742. The van der Waals surface area contributed by atoms with Crippen LogP contribution >= 0.6 is 0 Å². The van der Waals surface area contributed by atoms with E-state index < -0.39 is 10.0 Å². The Kier molecular flexibility index (Phi) is 6.19. The molecule has 1 aromatic rings. The third-order valence-electron chi connectivity index (χ3n) is 5.39. The monoisotopic (exact) mass is 380 g/mol. The quantitative estimate of drug-likeness (QED) is 0.735. The lowest BCUT2D eigenvalue weighted by Gasteiger charge is -2.28. The number of nitrogens with one attached hydrogen (secondary N) is 1. The number of hydrogen-bond acceptors (Lipinski definition) is 4. The maximum absolute atomic E-state index is 12.6. The number of carbonyl (C=O) groups excluding carboxylic acids is 1. The normalized spacial score (nSPS) is 18.5. The molecule has 0 radical (unpaired) electrons. The maximum atomic E-state index is 12.6. The smallest absolute Gasteiger partial charge is 0.223 e. The van der Waals surface area contributed by atoms with Gasteiger partial charge in [-0.2, -0.15) is 4.31 Å². The fourth-order valence-corrected chi connectivity index (χ4v) is 5.27. The summed E-state index contributed by atoms with van der Waals surface area (Å²) in [5.41, 5.74) is 2.19. The van der Waals surface area contributed by atoms with E-state index in [4.69, 9.17) is 4.74 Å². The van der Waals surface area contributed by atoms with Crippen molar-refractivity contribution in [2.75, 3.05) is 26.0 Å². The first-order valence-electron chi connectivity index (χ1n) is 9.41. The van der Waals surface area contributed by atoms with Crippen LogP contribution in [-0.2, 0) is 27.8 Å². The van der Waals surface area contributed by atoms with Crippen molar-refractivity contribution >= 4 is 15.9 Å². The molecule has 0 atom stereocenters. The number of fused-ring (bicyclic) bond motifs is 1. The number of carbonyl (C=O) groups is 1. The molecule has 26 heavy (non-hydrogen) atoms. The second kappa shape index (κ2) is 8.39. The van der Waals surface area contributed by atoms with Gasteiger partial charge < -0.3 is 10.1 Å². The van der Waals surface area contributed by atoms with E-state index >= 15 is 0 Å². The highest BCUT2D eigenvalue weighted by Gasteiger charge is 2.27. The molecule has 2 aliphatic rings. The standard InChI is InChI=1S/C19H28N2O4S/c1-25-18-8-7-17-14-21(11-9-16(17)13-18)26(23,24)12-4-10-20-19(22)15-5-2-3-6-15/h7-8,13,15H,2-6,9-12,14H2,1H3,(H,20,22). The van der Waals surface area contributed by atoms with Gasteiger partial charge in [-0.3, -0.25) is 4.79 Å². The molecule has 144 valence electrons. The molecule has 1 aliphatic carbocycles. The van der Waals surface area contributed by atoms with Gasteiger partial charge in [-0.15, -0.1) is 0 Å². The van der Waals surface area contributed by atoms with Gasteiger partial charge >= 0.3 is 0 Å². The van der Waals surface area contributed by atoms with Crippen molar-refractivity contribution in [1.29, 1.82) is 0 Å². The lowest BCUT2D eigenvalue weighted by molar-refractivity contribution is -0.124. The Morgan fingerprint density at radius 1 is 1.27 bits per heavy atom. The molecule has 0 bridgehead atoms. The van der Waals surface area contributed by atoms with Crippen molar-refractivity contribution in [2.45, 2.75) is 45.1 Å². The zero-order valence-electron chi connectivity index (χ0n) is 15.4.